The van der Waals surface area contributed by atoms with Gasteiger partial charge in [-0.2, -0.15) is 0 Å². The summed E-state index contributed by atoms with van der Waals surface area (Å²) in [5.41, 5.74) is 1.45. The third kappa shape index (κ3) is 4.19. The van der Waals surface area contributed by atoms with E-state index in [1.807, 2.05) is 23.1 Å². The van der Waals surface area contributed by atoms with Crippen LogP contribution < -0.4 is 10.7 Å². The van der Waals surface area contributed by atoms with Gasteiger partial charge < -0.3 is 15.6 Å². The van der Waals surface area contributed by atoms with Crippen molar-refractivity contribution >= 4 is 23.4 Å². The van der Waals surface area contributed by atoms with Crippen molar-refractivity contribution in [2.75, 3.05) is 42.7 Å². The van der Waals surface area contributed by atoms with Crippen LogP contribution in [0.3, 0.4) is 0 Å². The number of carbonyl (C=O) groups is 1. The Bertz CT molecular complexity index is 988. The molecule has 4 rings (SSSR count). The highest BCUT2D eigenvalue weighted by Crippen LogP contribution is 2.24. The number of hydrogen-bond acceptors (Lipinski definition) is 6. The first-order chi connectivity index (χ1) is 14.1. The first kappa shape index (κ1) is 19.3. The Morgan fingerprint density at radius 1 is 1.00 bits per heavy atom. The molecule has 1 saturated heterocycles. The van der Waals surface area contributed by atoms with Crippen molar-refractivity contribution in [1.29, 1.82) is 0 Å². The van der Waals surface area contributed by atoms with Crippen LogP contribution in [0.4, 0.5) is 10.1 Å². The maximum atomic E-state index is 14.0. The lowest BCUT2D eigenvalue weighted by Crippen LogP contribution is -2.49. The van der Waals surface area contributed by atoms with Crippen LogP contribution in [0.1, 0.15) is 0 Å². The molecule has 0 spiro atoms. The molecule has 7 nitrogen and oxygen atoms in total. The van der Waals surface area contributed by atoms with E-state index >= 15 is 0 Å². The summed E-state index contributed by atoms with van der Waals surface area (Å²) in [6, 6.07) is 16.4. The zero-order valence-electron chi connectivity index (χ0n) is 15.7. The van der Waals surface area contributed by atoms with Gasteiger partial charge in [-0.3, -0.25) is 4.79 Å². The minimum atomic E-state index is -0.421. The van der Waals surface area contributed by atoms with Gasteiger partial charge in [0.15, 0.2) is 5.82 Å². The SMILES string of the molecule is Nn1c(SCC(=O)N2CCN(c3ccccc3)CC2)nnc1-c1ccccc1F. The molecule has 0 saturated carbocycles. The minimum Gasteiger partial charge on any atom is -0.368 e. The number of aromatic nitrogens is 3. The summed E-state index contributed by atoms with van der Waals surface area (Å²) in [6.07, 6.45) is 0. The average Bonchev–Trinajstić information content (AvgIpc) is 3.13. The molecule has 150 valence electrons. The molecule has 3 aromatic rings. The summed E-state index contributed by atoms with van der Waals surface area (Å²) in [4.78, 5) is 16.7. The Morgan fingerprint density at radius 3 is 2.41 bits per heavy atom. The zero-order chi connectivity index (χ0) is 20.2. The number of carbonyl (C=O) groups excluding carboxylic acids is 1. The van der Waals surface area contributed by atoms with E-state index in [1.54, 1.807) is 18.2 Å². The first-order valence-electron chi connectivity index (χ1n) is 9.29. The largest absolute Gasteiger partial charge is 0.368 e. The fourth-order valence-electron chi connectivity index (χ4n) is 3.27. The topological polar surface area (TPSA) is 80.3 Å². The molecular weight excluding hydrogens is 391 g/mol. The van der Waals surface area contributed by atoms with Gasteiger partial charge >= 0.3 is 0 Å². The van der Waals surface area contributed by atoms with Gasteiger partial charge in [-0.05, 0) is 24.3 Å². The molecule has 1 aliphatic rings. The molecule has 0 aliphatic carbocycles. The normalized spacial score (nSPS) is 14.2. The van der Waals surface area contributed by atoms with Crippen LogP contribution in [0.15, 0.2) is 59.8 Å². The Labute approximate surface area is 172 Å². The Morgan fingerprint density at radius 2 is 1.69 bits per heavy atom. The Hall–Kier alpha value is -3.07. The van der Waals surface area contributed by atoms with E-state index in [4.69, 9.17) is 5.84 Å². The molecule has 2 N–H and O–H groups in total. The highest BCUT2D eigenvalue weighted by Gasteiger charge is 2.22. The lowest BCUT2D eigenvalue weighted by molar-refractivity contribution is -0.128. The monoisotopic (exact) mass is 412 g/mol. The summed E-state index contributed by atoms with van der Waals surface area (Å²) < 4.78 is 15.2. The predicted molar refractivity (Wildman–Crippen MR) is 112 cm³/mol. The van der Waals surface area contributed by atoms with Crippen molar-refractivity contribution in [3.8, 4) is 11.4 Å². The summed E-state index contributed by atoms with van der Waals surface area (Å²) in [5.74, 6) is 6.07. The van der Waals surface area contributed by atoms with E-state index < -0.39 is 5.82 Å². The van der Waals surface area contributed by atoms with Crippen LogP contribution >= 0.6 is 11.8 Å². The molecule has 1 aliphatic heterocycles. The van der Waals surface area contributed by atoms with E-state index in [9.17, 15) is 9.18 Å². The van der Waals surface area contributed by atoms with Crippen molar-refractivity contribution in [3.05, 3.63) is 60.4 Å². The van der Waals surface area contributed by atoms with E-state index in [2.05, 4.69) is 27.2 Å². The van der Waals surface area contributed by atoms with Crippen LogP contribution in [0, 0.1) is 5.82 Å². The highest BCUT2D eigenvalue weighted by molar-refractivity contribution is 7.99. The second-order valence-corrected chi connectivity index (χ2v) is 7.59. The molecule has 2 heterocycles. The standard InChI is InChI=1S/C20H21FN6OS/c21-17-9-5-4-8-16(17)19-23-24-20(27(19)22)29-14-18(28)26-12-10-25(11-13-26)15-6-2-1-3-7-15/h1-9H,10-14,22H2. The van der Waals surface area contributed by atoms with Gasteiger partial charge in [0.1, 0.15) is 5.82 Å². The maximum absolute atomic E-state index is 14.0. The zero-order valence-corrected chi connectivity index (χ0v) is 16.6. The van der Waals surface area contributed by atoms with Crippen molar-refractivity contribution < 1.29 is 9.18 Å². The van der Waals surface area contributed by atoms with E-state index in [-0.39, 0.29) is 23.0 Å². The molecule has 0 atom stereocenters. The second kappa shape index (κ2) is 8.52. The van der Waals surface area contributed by atoms with Gasteiger partial charge in [0.25, 0.3) is 0 Å². The molecule has 1 fully saturated rings. The summed E-state index contributed by atoms with van der Waals surface area (Å²) >= 11 is 1.20. The third-order valence-corrected chi connectivity index (χ3v) is 5.79. The van der Waals surface area contributed by atoms with Gasteiger partial charge in [-0.25, -0.2) is 9.07 Å². The fraction of sp³-hybridized carbons (Fsp3) is 0.250. The number of amides is 1. The molecule has 0 radical (unpaired) electrons. The van der Waals surface area contributed by atoms with Crippen LogP contribution in [0.25, 0.3) is 11.4 Å². The first-order valence-corrected chi connectivity index (χ1v) is 10.3. The number of anilines is 1. The Balaban J connectivity index is 1.33. The average molecular weight is 412 g/mol. The number of nitrogens with two attached hydrogens (primary N) is 1. The summed E-state index contributed by atoms with van der Waals surface area (Å²) in [7, 11) is 0. The van der Waals surface area contributed by atoms with Crippen LogP contribution in [-0.4, -0.2) is 57.6 Å². The molecule has 9 heteroatoms. The number of thioether (sulfide) groups is 1. The molecule has 0 unspecified atom stereocenters. The number of halogens is 1. The van der Waals surface area contributed by atoms with Gasteiger partial charge in [0.05, 0.1) is 11.3 Å². The quantitative estimate of drug-likeness (QED) is 0.511. The van der Waals surface area contributed by atoms with Crippen molar-refractivity contribution in [1.82, 2.24) is 19.8 Å². The summed E-state index contributed by atoms with van der Waals surface area (Å²) in [5, 5.41) is 8.36. The van der Waals surface area contributed by atoms with Crippen molar-refractivity contribution in [2.45, 2.75) is 5.16 Å². The van der Waals surface area contributed by atoms with Gasteiger partial charge in [0, 0.05) is 31.9 Å². The Kier molecular flexibility index (Phi) is 5.66. The number of rotatable bonds is 5. The van der Waals surface area contributed by atoms with E-state index in [0.717, 1.165) is 13.1 Å². The molecule has 0 bridgehead atoms. The van der Waals surface area contributed by atoms with Crippen molar-refractivity contribution in [2.24, 2.45) is 0 Å². The molecule has 1 amide bonds. The molecular formula is C20H21FN6OS. The van der Waals surface area contributed by atoms with Crippen LogP contribution in [0.5, 0.6) is 0 Å². The van der Waals surface area contributed by atoms with Gasteiger partial charge in [0.2, 0.25) is 11.1 Å². The van der Waals surface area contributed by atoms with Gasteiger partial charge in [-0.1, -0.05) is 42.1 Å². The lowest BCUT2D eigenvalue weighted by Gasteiger charge is -2.36. The lowest BCUT2D eigenvalue weighted by atomic mass is 10.2. The maximum Gasteiger partial charge on any atom is 0.233 e. The highest BCUT2D eigenvalue weighted by atomic mass is 32.2. The third-order valence-electron chi connectivity index (χ3n) is 4.86. The number of para-hydroxylation sites is 1. The number of benzene rings is 2. The number of nitrogens with zero attached hydrogens (tertiary/aromatic N) is 5. The predicted octanol–water partition coefficient (Wildman–Crippen LogP) is 2.24. The number of nitrogen functional groups attached to an aromatic ring is 1. The second-order valence-electron chi connectivity index (χ2n) is 6.65. The van der Waals surface area contributed by atoms with Crippen LogP contribution in [0.2, 0.25) is 0 Å². The number of piperazine rings is 1. The fourth-order valence-corrected chi connectivity index (χ4v) is 4.03. The molecule has 2 aromatic carbocycles. The van der Waals surface area contributed by atoms with Crippen LogP contribution in [-0.2, 0) is 4.79 Å². The summed E-state index contributed by atoms with van der Waals surface area (Å²) in [6.45, 7) is 2.93. The molecule has 29 heavy (non-hydrogen) atoms. The molecule has 1 aromatic heterocycles. The van der Waals surface area contributed by atoms with E-state index in [1.165, 1.54) is 28.2 Å². The van der Waals surface area contributed by atoms with Crippen molar-refractivity contribution in [3.63, 3.8) is 0 Å². The minimum absolute atomic E-state index is 0.0261. The smallest absolute Gasteiger partial charge is 0.233 e. The van der Waals surface area contributed by atoms with E-state index in [0.29, 0.717) is 18.2 Å². The number of hydrogen-bond donors (Lipinski definition) is 1. The van der Waals surface area contributed by atoms with Gasteiger partial charge in [-0.15, -0.1) is 10.2 Å².